The van der Waals surface area contributed by atoms with E-state index in [1.807, 2.05) is 37.4 Å². The SMILES string of the molecule is CCNC=C(C(=O)C=Cc1ccc(SC)cc1)C(=O)OC. The Morgan fingerprint density at radius 1 is 1.29 bits per heavy atom. The van der Waals surface area contributed by atoms with Crippen LogP contribution in [-0.4, -0.2) is 31.7 Å². The van der Waals surface area contributed by atoms with Gasteiger partial charge < -0.3 is 10.1 Å². The van der Waals surface area contributed by atoms with Crippen molar-refractivity contribution >= 4 is 29.6 Å². The lowest BCUT2D eigenvalue weighted by Crippen LogP contribution is -2.17. The molecule has 0 bridgehead atoms. The van der Waals surface area contributed by atoms with Gasteiger partial charge in [0, 0.05) is 17.6 Å². The minimum Gasteiger partial charge on any atom is -0.465 e. The second kappa shape index (κ2) is 9.02. The van der Waals surface area contributed by atoms with E-state index in [4.69, 9.17) is 0 Å². The number of ketones is 1. The fourth-order valence-corrected chi connectivity index (χ4v) is 1.93. The van der Waals surface area contributed by atoms with E-state index >= 15 is 0 Å². The normalized spacial score (nSPS) is 11.5. The summed E-state index contributed by atoms with van der Waals surface area (Å²) in [5, 5.41) is 2.84. The summed E-state index contributed by atoms with van der Waals surface area (Å²) in [5.74, 6) is -1.04. The van der Waals surface area contributed by atoms with Crippen LogP contribution in [0.3, 0.4) is 0 Å². The highest BCUT2D eigenvalue weighted by molar-refractivity contribution is 7.98. The number of benzene rings is 1. The van der Waals surface area contributed by atoms with Gasteiger partial charge in [-0.25, -0.2) is 4.79 Å². The van der Waals surface area contributed by atoms with E-state index in [2.05, 4.69) is 10.1 Å². The van der Waals surface area contributed by atoms with E-state index in [1.54, 1.807) is 17.8 Å². The highest BCUT2D eigenvalue weighted by atomic mass is 32.2. The molecule has 0 heterocycles. The molecule has 1 aromatic carbocycles. The van der Waals surface area contributed by atoms with E-state index in [9.17, 15) is 9.59 Å². The summed E-state index contributed by atoms with van der Waals surface area (Å²) in [7, 11) is 1.25. The molecular formula is C16H19NO3S. The third-order valence-electron chi connectivity index (χ3n) is 2.66. The number of nitrogens with one attached hydrogen (secondary N) is 1. The van der Waals surface area contributed by atoms with Gasteiger partial charge in [-0.2, -0.15) is 0 Å². The summed E-state index contributed by atoms with van der Waals surface area (Å²) >= 11 is 1.65. The molecule has 5 heteroatoms. The maximum atomic E-state index is 12.0. The van der Waals surface area contributed by atoms with Crippen molar-refractivity contribution in [2.75, 3.05) is 19.9 Å². The van der Waals surface area contributed by atoms with Gasteiger partial charge in [0.2, 0.25) is 0 Å². The van der Waals surface area contributed by atoms with Crippen molar-refractivity contribution in [1.29, 1.82) is 0 Å². The predicted octanol–water partition coefficient (Wildman–Crippen LogP) is 2.66. The summed E-state index contributed by atoms with van der Waals surface area (Å²) in [6.45, 7) is 2.49. The van der Waals surface area contributed by atoms with E-state index < -0.39 is 11.8 Å². The number of hydrogen-bond donors (Lipinski definition) is 1. The van der Waals surface area contributed by atoms with Crippen molar-refractivity contribution in [3.63, 3.8) is 0 Å². The molecule has 4 nitrogen and oxygen atoms in total. The first kappa shape index (κ1) is 17.0. The smallest absolute Gasteiger partial charge is 0.343 e. The average molecular weight is 305 g/mol. The molecule has 0 radical (unpaired) electrons. The molecule has 112 valence electrons. The molecule has 1 N–H and O–H groups in total. The Labute approximate surface area is 129 Å². The molecule has 0 unspecified atom stereocenters. The van der Waals surface area contributed by atoms with Crippen LogP contribution in [0.1, 0.15) is 12.5 Å². The third kappa shape index (κ3) is 5.47. The summed E-state index contributed by atoms with van der Waals surface area (Å²) < 4.78 is 4.61. The number of thioether (sulfide) groups is 1. The van der Waals surface area contributed by atoms with Crippen molar-refractivity contribution in [2.45, 2.75) is 11.8 Å². The zero-order valence-electron chi connectivity index (χ0n) is 12.4. The van der Waals surface area contributed by atoms with Crippen LogP contribution < -0.4 is 5.32 Å². The van der Waals surface area contributed by atoms with Crippen molar-refractivity contribution in [1.82, 2.24) is 5.32 Å². The molecule has 0 saturated heterocycles. The summed E-state index contributed by atoms with van der Waals surface area (Å²) in [4.78, 5) is 24.8. The molecule has 0 aromatic heterocycles. The van der Waals surface area contributed by atoms with E-state index in [-0.39, 0.29) is 5.57 Å². The molecule has 21 heavy (non-hydrogen) atoms. The largest absolute Gasteiger partial charge is 0.465 e. The number of carbonyl (C=O) groups is 2. The van der Waals surface area contributed by atoms with E-state index in [0.29, 0.717) is 6.54 Å². The Bertz CT molecular complexity index is 547. The molecule has 0 atom stereocenters. The second-order valence-corrected chi connectivity index (χ2v) is 4.96. The highest BCUT2D eigenvalue weighted by Crippen LogP contribution is 2.15. The minimum atomic E-state index is -0.650. The number of ether oxygens (including phenoxy) is 1. The molecule has 0 amide bonds. The molecule has 0 aliphatic rings. The van der Waals surface area contributed by atoms with E-state index in [0.717, 1.165) is 10.5 Å². The lowest BCUT2D eigenvalue weighted by molar-refractivity contribution is -0.137. The van der Waals surface area contributed by atoms with Crippen LogP contribution in [0.15, 0.2) is 47.0 Å². The van der Waals surface area contributed by atoms with Crippen LogP contribution in [0.5, 0.6) is 0 Å². The first-order chi connectivity index (χ1) is 10.1. The first-order valence-corrected chi connectivity index (χ1v) is 7.73. The molecule has 0 saturated carbocycles. The molecule has 1 rings (SSSR count). The maximum Gasteiger partial charge on any atom is 0.343 e. The van der Waals surface area contributed by atoms with Crippen LogP contribution in [0, 0.1) is 0 Å². The molecule has 0 aliphatic carbocycles. The first-order valence-electron chi connectivity index (χ1n) is 6.50. The second-order valence-electron chi connectivity index (χ2n) is 4.08. The topological polar surface area (TPSA) is 55.4 Å². The zero-order chi connectivity index (χ0) is 15.7. The van der Waals surface area contributed by atoms with Gasteiger partial charge in [-0.1, -0.05) is 18.2 Å². The Morgan fingerprint density at radius 3 is 2.48 bits per heavy atom. The van der Waals surface area contributed by atoms with E-state index in [1.165, 1.54) is 19.4 Å². The third-order valence-corrected chi connectivity index (χ3v) is 3.41. The number of esters is 1. The molecule has 0 fully saturated rings. The molecule has 1 aromatic rings. The number of methoxy groups -OCH3 is 1. The molecule has 0 aliphatic heterocycles. The van der Waals surface area contributed by atoms with Crippen LogP contribution in [0.2, 0.25) is 0 Å². The number of allylic oxidation sites excluding steroid dienone is 1. The summed E-state index contributed by atoms with van der Waals surface area (Å²) in [5.41, 5.74) is 0.880. The van der Waals surface area contributed by atoms with Crippen LogP contribution in [0.4, 0.5) is 0 Å². The van der Waals surface area contributed by atoms with Gasteiger partial charge in [0.1, 0.15) is 5.57 Å². The summed E-state index contributed by atoms with van der Waals surface area (Å²) in [6.07, 6.45) is 6.43. The Kier molecular flexibility index (Phi) is 7.32. The zero-order valence-corrected chi connectivity index (χ0v) is 13.2. The number of carbonyl (C=O) groups excluding carboxylic acids is 2. The van der Waals surface area contributed by atoms with Gasteiger partial charge in [-0.3, -0.25) is 4.79 Å². The van der Waals surface area contributed by atoms with Crippen molar-refractivity contribution in [3.05, 3.63) is 47.7 Å². The van der Waals surface area contributed by atoms with Crippen LogP contribution >= 0.6 is 11.8 Å². The van der Waals surface area contributed by atoms with Crippen LogP contribution in [0.25, 0.3) is 6.08 Å². The fraction of sp³-hybridized carbons (Fsp3) is 0.250. The van der Waals surface area contributed by atoms with Crippen molar-refractivity contribution in [2.24, 2.45) is 0 Å². The average Bonchev–Trinajstić information content (AvgIpc) is 2.53. The lowest BCUT2D eigenvalue weighted by Gasteiger charge is -2.02. The maximum absolute atomic E-state index is 12.0. The van der Waals surface area contributed by atoms with Crippen LogP contribution in [-0.2, 0) is 14.3 Å². The van der Waals surface area contributed by atoms with Gasteiger partial charge in [-0.05, 0) is 37.0 Å². The standard InChI is InChI=1S/C16H19NO3S/c1-4-17-11-14(16(19)20-2)15(18)10-7-12-5-8-13(21-3)9-6-12/h5-11,17H,4H2,1-3H3. The number of rotatable bonds is 7. The molecular weight excluding hydrogens is 286 g/mol. The highest BCUT2D eigenvalue weighted by Gasteiger charge is 2.16. The Morgan fingerprint density at radius 2 is 1.95 bits per heavy atom. The van der Waals surface area contributed by atoms with Gasteiger partial charge in [0.15, 0.2) is 5.78 Å². The van der Waals surface area contributed by atoms with Gasteiger partial charge in [-0.15, -0.1) is 11.8 Å². The Balaban J connectivity index is 2.84. The molecule has 0 spiro atoms. The number of hydrogen-bond acceptors (Lipinski definition) is 5. The van der Waals surface area contributed by atoms with Crippen molar-refractivity contribution in [3.8, 4) is 0 Å². The monoisotopic (exact) mass is 305 g/mol. The van der Waals surface area contributed by atoms with Gasteiger partial charge >= 0.3 is 5.97 Å². The predicted molar refractivity (Wildman–Crippen MR) is 86.0 cm³/mol. The van der Waals surface area contributed by atoms with Crippen molar-refractivity contribution < 1.29 is 14.3 Å². The van der Waals surface area contributed by atoms with Gasteiger partial charge in [0.25, 0.3) is 0 Å². The lowest BCUT2D eigenvalue weighted by atomic mass is 10.1. The van der Waals surface area contributed by atoms with Gasteiger partial charge in [0.05, 0.1) is 7.11 Å². The Hall–Kier alpha value is -2.01. The summed E-state index contributed by atoms with van der Waals surface area (Å²) in [6, 6.07) is 7.79. The fourth-order valence-electron chi connectivity index (χ4n) is 1.52. The quantitative estimate of drug-likeness (QED) is 0.276. The minimum absolute atomic E-state index is 0.0173.